The molecule has 0 aromatic rings. The summed E-state index contributed by atoms with van der Waals surface area (Å²) in [5.74, 6) is -7.02. The zero-order valence-corrected chi connectivity index (χ0v) is 23.7. The van der Waals surface area contributed by atoms with Crippen LogP contribution in [0.5, 0.6) is 0 Å². The lowest BCUT2D eigenvalue weighted by Gasteiger charge is -2.65. The molecule has 6 fully saturated rings. The number of esters is 1. The van der Waals surface area contributed by atoms with Gasteiger partial charge in [0.2, 0.25) is 0 Å². The van der Waals surface area contributed by atoms with Crippen molar-refractivity contribution in [1.29, 1.82) is 0 Å². The highest BCUT2D eigenvalue weighted by Crippen LogP contribution is 2.75. The molecule has 5 aliphatic carbocycles. The third kappa shape index (κ3) is 2.62. The molecule has 16 atom stereocenters. The number of carbonyl (C=O) groups excluding carboxylic acids is 4. The van der Waals surface area contributed by atoms with Gasteiger partial charge < -0.3 is 35.0 Å². The third-order valence-electron chi connectivity index (χ3n) is 13.3. The van der Waals surface area contributed by atoms with Crippen molar-refractivity contribution in [2.24, 2.45) is 51.8 Å². The Labute approximate surface area is 236 Å². The number of hydrogen-bond acceptors (Lipinski definition) is 11. The molecule has 5 N–H and O–H groups in total. The Bertz CT molecular complexity index is 1340. The molecule has 4 saturated carbocycles. The number of rotatable bonds is 2. The maximum atomic E-state index is 14.2. The normalized spacial score (nSPS) is 60.0. The molecular weight excluding hydrogens is 536 g/mol. The number of epoxide rings is 1. The first-order valence-corrected chi connectivity index (χ1v) is 14.6. The van der Waals surface area contributed by atoms with Gasteiger partial charge >= 0.3 is 5.97 Å². The number of aliphatic hydroxyl groups excluding tert-OH is 3. The zero-order valence-electron chi connectivity index (χ0n) is 23.7. The predicted molar refractivity (Wildman–Crippen MR) is 136 cm³/mol. The van der Waals surface area contributed by atoms with Crippen LogP contribution in [0.3, 0.4) is 0 Å². The van der Waals surface area contributed by atoms with Crippen LogP contribution in [0.1, 0.15) is 53.9 Å². The van der Waals surface area contributed by atoms with Gasteiger partial charge in [0.05, 0.1) is 34.6 Å². The van der Waals surface area contributed by atoms with Gasteiger partial charge in [-0.2, -0.15) is 0 Å². The van der Waals surface area contributed by atoms with Crippen LogP contribution in [0, 0.1) is 51.8 Å². The van der Waals surface area contributed by atoms with E-state index in [1.807, 2.05) is 6.92 Å². The fourth-order valence-corrected chi connectivity index (χ4v) is 11.5. The molecule has 2 heterocycles. The Morgan fingerprint density at radius 3 is 2.24 bits per heavy atom. The summed E-state index contributed by atoms with van der Waals surface area (Å²) in [7, 11) is 0. The molecule has 0 aromatic carbocycles. The van der Waals surface area contributed by atoms with Crippen molar-refractivity contribution in [3.8, 4) is 0 Å². The van der Waals surface area contributed by atoms with Gasteiger partial charge in [-0.05, 0) is 76.2 Å². The van der Waals surface area contributed by atoms with Crippen LogP contribution in [0.4, 0.5) is 0 Å². The van der Waals surface area contributed by atoms with Crippen LogP contribution in [-0.2, 0) is 28.7 Å². The molecule has 41 heavy (non-hydrogen) atoms. The number of allylic oxidation sites excluding steroid dienone is 1. The van der Waals surface area contributed by atoms with Crippen LogP contribution in [0.15, 0.2) is 11.8 Å². The van der Waals surface area contributed by atoms with E-state index in [-0.39, 0.29) is 30.8 Å². The SMILES string of the molecule is CC(=O)C12C(O)CC3C(C(=O)C(O)C4(O)CC5OC5C(O)C34C(C)=O)C1CC1C2C(C)C=C2OC(=O)C(C)(O)C21C. The molecule has 7 aliphatic rings. The minimum atomic E-state index is -2.32. The lowest BCUT2D eigenvalue weighted by atomic mass is 9.39. The first-order valence-electron chi connectivity index (χ1n) is 14.6. The molecule has 11 nitrogen and oxygen atoms in total. The van der Waals surface area contributed by atoms with E-state index >= 15 is 0 Å². The van der Waals surface area contributed by atoms with E-state index in [0.29, 0.717) is 0 Å². The average Bonchev–Trinajstić information content (AvgIpc) is 3.50. The predicted octanol–water partition coefficient (Wildman–Crippen LogP) is -0.559. The molecule has 0 bridgehead atoms. The number of ketones is 3. The van der Waals surface area contributed by atoms with E-state index in [2.05, 4.69) is 0 Å². The Morgan fingerprint density at radius 1 is 0.976 bits per heavy atom. The maximum absolute atomic E-state index is 14.2. The van der Waals surface area contributed by atoms with Gasteiger partial charge in [-0.25, -0.2) is 4.79 Å². The van der Waals surface area contributed by atoms with Crippen molar-refractivity contribution >= 4 is 23.3 Å². The van der Waals surface area contributed by atoms with Gasteiger partial charge in [0, 0.05) is 12.3 Å². The van der Waals surface area contributed by atoms with E-state index in [4.69, 9.17) is 9.47 Å². The van der Waals surface area contributed by atoms with Gasteiger partial charge in [-0.15, -0.1) is 0 Å². The van der Waals surface area contributed by atoms with Gasteiger partial charge in [0.1, 0.15) is 35.1 Å². The summed E-state index contributed by atoms with van der Waals surface area (Å²) in [6.45, 7) is 7.49. The molecule has 2 aliphatic heterocycles. The van der Waals surface area contributed by atoms with Crippen molar-refractivity contribution in [3.05, 3.63) is 11.8 Å². The Morgan fingerprint density at radius 2 is 1.63 bits per heavy atom. The van der Waals surface area contributed by atoms with Crippen LogP contribution in [0.25, 0.3) is 0 Å². The topological polar surface area (TPSA) is 191 Å². The molecule has 0 radical (unpaired) electrons. The van der Waals surface area contributed by atoms with Gasteiger partial charge in [0.15, 0.2) is 11.4 Å². The average molecular weight is 575 g/mol. The quantitative estimate of drug-likeness (QED) is 0.210. The summed E-state index contributed by atoms with van der Waals surface area (Å²) in [5.41, 5.74) is -9.08. The van der Waals surface area contributed by atoms with Crippen LogP contribution < -0.4 is 0 Å². The molecule has 11 heteroatoms. The minimum Gasteiger partial charge on any atom is -0.429 e. The number of ether oxygens (including phenoxy) is 2. The Hall–Kier alpha value is -2.02. The summed E-state index contributed by atoms with van der Waals surface area (Å²) in [5, 5.41) is 58.7. The lowest BCUT2D eigenvalue weighted by molar-refractivity contribution is -0.265. The van der Waals surface area contributed by atoms with Gasteiger partial charge in [-0.1, -0.05) is 6.92 Å². The number of Topliss-reactive ketones (excluding diaryl/α,β-unsaturated/α-hetero) is 3. The van der Waals surface area contributed by atoms with Crippen LogP contribution in [-0.4, -0.2) is 90.6 Å². The molecule has 7 rings (SSSR count). The van der Waals surface area contributed by atoms with E-state index in [0.717, 1.165) is 0 Å². The standard InChI is InChI=1S/C30H38O11/c1-10-6-18-26(4,27(5,38)25(37)41-18)15-7-13-19-14(8-17(33)29(13,11(2)31)20(10)15)30(12(3)32)24(36)22-16(40-22)9-28(30,39)23(35)21(19)34/h6,10,13-17,19-20,22-24,33,35-36,38-39H,7-9H2,1-5H3. The second kappa shape index (κ2) is 7.73. The molecule has 0 aromatic heterocycles. The molecule has 0 spiro atoms. The Kier molecular flexibility index (Phi) is 5.24. The highest BCUT2D eigenvalue weighted by molar-refractivity contribution is 5.97. The van der Waals surface area contributed by atoms with Gasteiger partial charge in [0.25, 0.3) is 0 Å². The van der Waals surface area contributed by atoms with Crippen molar-refractivity contribution in [1.82, 2.24) is 0 Å². The number of hydrogen-bond donors (Lipinski definition) is 5. The van der Waals surface area contributed by atoms with Crippen molar-refractivity contribution < 1.29 is 54.2 Å². The van der Waals surface area contributed by atoms with E-state index in [1.165, 1.54) is 20.8 Å². The summed E-state index contributed by atoms with van der Waals surface area (Å²) >= 11 is 0. The van der Waals surface area contributed by atoms with E-state index < -0.39 is 111 Å². The smallest absolute Gasteiger partial charge is 0.343 e. The highest BCUT2D eigenvalue weighted by atomic mass is 16.6. The monoisotopic (exact) mass is 574 g/mol. The first kappa shape index (κ1) is 27.8. The molecule has 0 amide bonds. The summed E-state index contributed by atoms with van der Waals surface area (Å²) < 4.78 is 11.1. The van der Waals surface area contributed by atoms with Crippen LogP contribution in [0.2, 0.25) is 0 Å². The molecular formula is C30H38O11. The van der Waals surface area contributed by atoms with E-state index in [9.17, 15) is 44.7 Å². The second-order valence-corrected chi connectivity index (χ2v) is 14.3. The zero-order chi connectivity index (χ0) is 30.0. The Balaban J connectivity index is 1.45. The number of carbonyl (C=O) groups is 4. The summed E-state index contributed by atoms with van der Waals surface area (Å²) in [6.07, 6.45) is -4.96. The molecule has 16 unspecified atom stereocenters. The second-order valence-electron chi connectivity index (χ2n) is 14.3. The van der Waals surface area contributed by atoms with Crippen molar-refractivity contribution in [3.63, 3.8) is 0 Å². The van der Waals surface area contributed by atoms with Crippen LogP contribution >= 0.6 is 0 Å². The maximum Gasteiger partial charge on any atom is 0.343 e. The van der Waals surface area contributed by atoms with Crippen molar-refractivity contribution in [2.75, 3.05) is 0 Å². The summed E-state index contributed by atoms with van der Waals surface area (Å²) in [4.78, 5) is 54.6. The highest BCUT2D eigenvalue weighted by Gasteiger charge is 2.84. The molecule has 2 saturated heterocycles. The number of aliphatic hydroxyl groups is 5. The lowest BCUT2D eigenvalue weighted by Crippen LogP contribution is -2.79. The summed E-state index contributed by atoms with van der Waals surface area (Å²) in [6, 6.07) is 0. The fourth-order valence-electron chi connectivity index (χ4n) is 11.5. The largest absolute Gasteiger partial charge is 0.429 e. The fraction of sp³-hybridized carbons (Fsp3) is 0.800. The molecule has 224 valence electrons. The third-order valence-corrected chi connectivity index (χ3v) is 13.3. The van der Waals surface area contributed by atoms with E-state index in [1.54, 1.807) is 13.0 Å². The minimum absolute atomic E-state index is 0.108. The van der Waals surface area contributed by atoms with Gasteiger partial charge in [-0.3, -0.25) is 14.4 Å². The first-order chi connectivity index (χ1) is 19.0. The number of fused-ring (bicyclic) bond motifs is 10. The van der Waals surface area contributed by atoms with Crippen molar-refractivity contribution in [2.45, 2.75) is 95.6 Å².